The standard InChI is InChI=1S/C16H16FNO3/c1-20-16(19)10-14(18)11-7-8-13(17)15(9-11)21-12-5-3-2-4-6-12/h2-9,14H,10,18H2,1H3/t14-/m1/s1. The van der Waals surface area contributed by atoms with Gasteiger partial charge in [-0.15, -0.1) is 0 Å². The molecule has 0 fully saturated rings. The molecule has 110 valence electrons. The van der Waals surface area contributed by atoms with Crippen molar-refractivity contribution in [3.63, 3.8) is 0 Å². The fraction of sp³-hybridized carbons (Fsp3) is 0.188. The molecule has 5 heteroatoms. The highest BCUT2D eigenvalue weighted by molar-refractivity contribution is 5.70. The van der Waals surface area contributed by atoms with Crippen molar-refractivity contribution in [2.75, 3.05) is 7.11 Å². The molecule has 1 atom stereocenters. The number of ether oxygens (including phenoxy) is 2. The van der Waals surface area contributed by atoms with E-state index in [1.807, 2.05) is 6.07 Å². The molecule has 2 aromatic rings. The lowest BCUT2D eigenvalue weighted by Gasteiger charge is -2.13. The van der Waals surface area contributed by atoms with Gasteiger partial charge in [0, 0.05) is 6.04 Å². The minimum atomic E-state index is -0.573. The highest BCUT2D eigenvalue weighted by Crippen LogP contribution is 2.27. The topological polar surface area (TPSA) is 61.5 Å². The van der Waals surface area contributed by atoms with E-state index in [1.54, 1.807) is 24.3 Å². The van der Waals surface area contributed by atoms with Crippen molar-refractivity contribution in [1.82, 2.24) is 0 Å². The Morgan fingerprint density at radius 3 is 2.62 bits per heavy atom. The number of hydrogen-bond acceptors (Lipinski definition) is 4. The molecule has 2 N–H and O–H groups in total. The van der Waals surface area contributed by atoms with Gasteiger partial charge in [0.2, 0.25) is 0 Å². The van der Waals surface area contributed by atoms with Crippen LogP contribution in [0.1, 0.15) is 18.0 Å². The summed E-state index contributed by atoms with van der Waals surface area (Å²) in [4.78, 5) is 11.2. The number of carbonyl (C=O) groups excluding carboxylic acids is 1. The van der Waals surface area contributed by atoms with Crippen LogP contribution in [0.2, 0.25) is 0 Å². The summed E-state index contributed by atoms with van der Waals surface area (Å²) in [7, 11) is 1.30. The van der Waals surface area contributed by atoms with Gasteiger partial charge in [-0.25, -0.2) is 4.39 Å². The molecule has 0 aliphatic heterocycles. The highest BCUT2D eigenvalue weighted by Gasteiger charge is 2.15. The zero-order chi connectivity index (χ0) is 15.2. The fourth-order valence-corrected chi connectivity index (χ4v) is 1.83. The molecule has 0 aliphatic rings. The van der Waals surface area contributed by atoms with Gasteiger partial charge in [-0.3, -0.25) is 4.79 Å². The smallest absolute Gasteiger partial charge is 0.307 e. The van der Waals surface area contributed by atoms with Gasteiger partial charge in [0.25, 0.3) is 0 Å². The van der Waals surface area contributed by atoms with Gasteiger partial charge >= 0.3 is 5.97 Å². The van der Waals surface area contributed by atoms with E-state index in [2.05, 4.69) is 4.74 Å². The van der Waals surface area contributed by atoms with Gasteiger partial charge in [0.1, 0.15) is 5.75 Å². The van der Waals surface area contributed by atoms with Gasteiger partial charge in [0.15, 0.2) is 11.6 Å². The first-order valence-electron chi connectivity index (χ1n) is 6.45. The molecule has 2 aromatic carbocycles. The van der Waals surface area contributed by atoms with Gasteiger partial charge in [0.05, 0.1) is 13.5 Å². The summed E-state index contributed by atoms with van der Waals surface area (Å²) in [5, 5.41) is 0. The number of hydrogen-bond donors (Lipinski definition) is 1. The monoisotopic (exact) mass is 289 g/mol. The van der Waals surface area contributed by atoms with Crippen LogP contribution in [0.3, 0.4) is 0 Å². The largest absolute Gasteiger partial charge is 0.469 e. The molecular formula is C16H16FNO3. The third-order valence-electron chi connectivity index (χ3n) is 2.97. The maximum absolute atomic E-state index is 13.8. The van der Waals surface area contributed by atoms with Crippen molar-refractivity contribution in [3.05, 3.63) is 59.9 Å². The van der Waals surface area contributed by atoms with Crippen molar-refractivity contribution in [2.24, 2.45) is 5.73 Å². The minimum absolute atomic E-state index is 0.0207. The maximum atomic E-state index is 13.8. The Labute approximate surface area is 122 Å². The first kappa shape index (κ1) is 15.0. The zero-order valence-electron chi connectivity index (χ0n) is 11.6. The molecule has 0 aromatic heterocycles. The molecule has 0 radical (unpaired) electrons. The average molecular weight is 289 g/mol. The molecule has 0 bridgehead atoms. The van der Waals surface area contributed by atoms with E-state index < -0.39 is 17.8 Å². The van der Waals surface area contributed by atoms with E-state index in [1.165, 1.54) is 25.3 Å². The van der Waals surface area contributed by atoms with Crippen LogP contribution in [-0.4, -0.2) is 13.1 Å². The van der Waals surface area contributed by atoms with Crippen LogP contribution in [0.25, 0.3) is 0 Å². The Bertz CT molecular complexity index is 616. The van der Waals surface area contributed by atoms with Crippen LogP contribution >= 0.6 is 0 Å². The van der Waals surface area contributed by atoms with Crippen molar-refractivity contribution in [2.45, 2.75) is 12.5 Å². The summed E-state index contributed by atoms with van der Waals surface area (Å²) in [5.41, 5.74) is 6.51. The van der Waals surface area contributed by atoms with Crippen LogP contribution in [0.4, 0.5) is 4.39 Å². The van der Waals surface area contributed by atoms with Crippen LogP contribution in [0.15, 0.2) is 48.5 Å². The SMILES string of the molecule is COC(=O)C[C@@H](N)c1ccc(F)c(Oc2ccccc2)c1. The van der Waals surface area contributed by atoms with E-state index in [9.17, 15) is 9.18 Å². The second-order valence-electron chi connectivity index (χ2n) is 4.49. The van der Waals surface area contributed by atoms with Crippen molar-refractivity contribution >= 4 is 5.97 Å². The Morgan fingerprint density at radius 2 is 1.95 bits per heavy atom. The Balaban J connectivity index is 2.19. The molecule has 0 unspecified atom stereocenters. The summed E-state index contributed by atoms with van der Waals surface area (Å²) >= 11 is 0. The molecule has 21 heavy (non-hydrogen) atoms. The van der Waals surface area contributed by atoms with Gasteiger partial charge in [-0.05, 0) is 29.8 Å². The normalized spacial score (nSPS) is 11.8. The maximum Gasteiger partial charge on any atom is 0.307 e. The van der Waals surface area contributed by atoms with E-state index >= 15 is 0 Å². The van der Waals surface area contributed by atoms with Gasteiger partial charge < -0.3 is 15.2 Å². The van der Waals surface area contributed by atoms with Crippen LogP contribution < -0.4 is 10.5 Å². The number of carbonyl (C=O) groups is 1. The van der Waals surface area contributed by atoms with Crippen molar-refractivity contribution < 1.29 is 18.7 Å². The first-order valence-corrected chi connectivity index (χ1v) is 6.45. The minimum Gasteiger partial charge on any atom is -0.469 e. The number of para-hydroxylation sites is 1. The van der Waals surface area contributed by atoms with Crippen LogP contribution in [0, 0.1) is 5.82 Å². The van der Waals surface area contributed by atoms with E-state index in [-0.39, 0.29) is 12.2 Å². The quantitative estimate of drug-likeness (QED) is 0.859. The number of benzene rings is 2. The molecule has 2 rings (SSSR count). The molecular weight excluding hydrogens is 273 g/mol. The molecule has 4 nitrogen and oxygen atoms in total. The lowest BCUT2D eigenvalue weighted by Crippen LogP contribution is -2.16. The Kier molecular flexibility index (Phi) is 4.90. The molecule has 0 spiro atoms. The predicted octanol–water partition coefficient (Wildman–Crippen LogP) is 3.18. The van der Waals surface area contributed by atoms with Crippen molar-refractivity contribution in [1.29, 1.82) is 0 Å². The number of rotatable bonds is 5. The lowest BCUT2D eigenvalue weighted by atomic mass is 10.0. The number of nitrogens with two attached hydrogens (primary N) is 1. The third-order valence-corrected chi connectivity index (χ3v) is 2.97. The second kappa shape index (κ2) is 6.85. The van der Waals surface area contributed by atoms with E-state index in [0.717, 1.165) is 0 Å². The van der Waals surface area contributed by atoms with Gasteiger partial charge in [-0.1, -0.05) is 24.3 Å². The van der Waals surface area contributed by atoms with E-state index in [0.29, 0.717) is 11.3 Å². The summed E-state index contributed by atoms with van der Waals surface area (Å²) < 4.78 is 23.8. The highest BCUT2D eigenvalue weighted by atomic mass is 19.1. The first-order chi connectivity index (χ1) is 10.1. The second-order valence-corrected chi connectivity index (χ2v) is 4.49. The van der Waals surface area contributed by atoms with Crippen LogP contribution in [0.5, 0.6) is 11.5 Å². The summed E-state index contributed by atoms with van der Waals surface area (Å²) in [5.74, 6) is -0.320. The molecule has 0 aliphatic carbocycles. The predicted molar refractivity (Wildman–Crippen MR) is 76.5 cm³/mol. The number of methoxy groups -OCH3 is 1. The van der Waals surface area contributed by atoms with Crippen LogP contribution in [-0.2, 0) is 9.53 Å². The molecule has 0 amide bonds. The van der Waals surface area contributed by atoms with Gasteiger partial charge in [-0.2, -0.15) is 0 Å². The average Bonchev–Trinajstić information content (AvgIpc) is 2.50. The Morgan fingerprint density at radius 1 is 1.24 bits per heavy atom. The lowest BCUT2D eigenvalue weighted by molar-refractivity contribution is -0.141. The summed E-state index contributed by atoms with van der Waals surface area (Å²) in [6.07, 6.45) is 0.0207. The summed E-state index contributed by atoms with van der Waals surface area (Å²) in [6.45, 7) is 0. The third kappa shape index (κ3) is 4.03. The molecule has 0 saturated carbocycles. The Hall–Kier alpha value is -2.40. The fourth-order valence-electron chi connectivity index (χ4n) is 1.83. The number of esters is 1. The number of halogens is 1. The molecule has 0 saturated heterocycles. The van der Waals surface area contributed by atoms with E-state index in [4.69, 9.17) is 10.5 Å². The summed E-state index contributed by atoms with van der Waals surface area (Å²) in [6, 6.07) is 12.6. The zero-order valence-corrected chi connectivity index (χ0v) is 11.6. The van der Waals surface area contributed by atoms with Crippen molar-refractivity contribution in [3.8, 4) is 11.5 Å². The molecule has 0 heterocycles.